The highest BCUT2D eigenvalue weighted by Crippen LogP contribution is 2.14. The van der Waals surface area contributed by atoms with Crippen LogP contribution in [0.1, 0.15) is 15.9 Å². The average molecular weight is 342 g/mol. The third kappa shape index (κ3) is 5.43. The lowest BCUT2D eigenvalue weighted by atomic mass is 10.1. The maximum Gasteiger partial charge on any atom is 0.335 e. The van der Waals surface area contributed by atoms with Gasteiger partial charge < -0.3 is 20.9 Å². The zero-order valence-corrected chi connectivity index (χ0v) is 13.3. The van der Waals surface area contributed by atoms with Gasteiger partial charge in [0, 0.05) is 6.54 Å². The molecule has 0 fully saturated rings. The smallest absolute Gasteiger partial charge is 0.335 e. The second-order valence-corrected chi connectivity index (χ2v) is 5.27. The second kappa shape index (κ2) is 8.60. The summed E-state index contributed by atoms with van der Waals surface area (Å²) >= 11 is 0. The number of amides is 1. The molecule has 2 aromatic rings. The summed E-state index contributed by atoms with van der Waals surface area (Å²) in [5.41, 5.74) is 6.33. The molecule has 0 saturated carbocycles. The molecule has 1 unspecified atom stereocenters. The normalized spacial score (nSPS) is 11.4. The first-order valence-corrected chi connectivity index (χ1v) is 7.58. The maximum absolute atomic E-state index is 12.1. The Labute approximate surface area is 144 Å². The fraction of sp³-hybridized carbons (Fsp3) is 0.167. The van der Waals surface area contributed by atoms with Crippen LogP contribution in [0.5, 0.6) is 5.75 Å². The fourth-order valence-electron chi connectivity index (χ4n) is 2.12. The van der Waals surface area contributed by atoms with Crippen LogP contribution in [0.2, 0.25) is 0 Å². The molecular formula is C18H18N2O5. The maximum atomic E-state index is 12.1. The molecule has 0 saturated heterocycles. The number of carbonyl (C=O) groups excluding carboxylic acids is 2. The van der Waals surface area contributed by atoms with Crippen molar-refractivity contribution in [3.8, 4) is 5.75 Å². The summed E-state index contributed by atoms with van der Waals surface area (Å²) in [4.78, 5) is 35.1. The van der Waals surface area contributed by atoms with Crippen LogP contribution < -0.4 is 15.8 Å². The Morgan fingerprint density at radius 2 is 1.80 bits per heavy atom. The lowest BCUT2D eigenvalue weighted by molar-refractivity contribution is -0.139. The molecule has 2 rings (SSSR count). The van der Waals surface area contributed by atoms with E-state index in [-0.39, 0.29) is 30.2 Å². The molecule has 1 amide bonds. The highest BCUT2D eigenvalue weighted by Gasteiger charge is 2.21. The molecule has 0 aliphatic carbocycles. The van der Waals surface area contributed by atoms with E-state index in [4.69, 9.17) is 15.6 Å². The van der Waals surface area contributed by atoms with Crippen LogP contribution >= 0.6 is 0 Å². The number of nitrogens with one attached hydrogen (secondary N) is 1. The van der Waals surface area contributed by atoms with E-state index < -0.39 is 18.0 Å². The predicted octanol–water partition coefficient (Wildman–Crippen LogP) is 0.976. The van der Waals surface area contributed by atoms with Crippen LogP contribution in [0, 0.1) is 0 Å². The van der Waals surface area contributed by atoms with Crippen molar-refractivity contribution < 1.29 is 24.2 Å². The first kappa shape index (κ1) is 18.2. The fourth-order valence-corrected chi connectivity index (χ4v) is 2.12. The number of hydrogen-bond donors (Lipinski definition) is 3. The minimum Gasteiger partial charge on any atom is -0.478 e. The predicted molar refractivity (Wildman–Crippen MR) is 90.2 cm³/mol. The van der Waals surface area contributed by atoms with E-state index in [0.29, 0.717) is 0 Å². The average Bonchev–Trinajstić information content (AvgIpc) is 2.60. The second-order valence-electron chi connectivity index (χ2n) is 5.27. The summed E-state index contributed by atoms with van der Waals surface area (Å²) in [6.07, 6.45) is 0.110. The number of carboxylic acid groups (broad SMARTS) is 1. The van der Waals surface area contributed by atoms with Crippen LogP contribution in [0.3, 0.4) is 0 Å². The number of hydrogen-bond acceptors (Lipinski definition) is 5. The lowest BCUT2D eigenvalue weighted by Gasteiger charge is -2.16. The Morgan fingerprint density at radius 1 is 1.08 bits per heavy atom. The number of carbonyl (C=O) groups is 3. The van der Waals surface area contributed by atoms with Crippen LogP contribution in [-0.2, 0) is 16.0 Å². The quantitative estimate of drug-likeness (QED) is 0.510. The number of rotatable bonds is 7. The third-order valence-corrected chi connectivity index (χ3v) is 3.36. The van der Waals surface area contributed by atoms with Gasteiger partial charge in [-0.25, -0.2) is 9.59 Å². The van der Waals surface area contributed by atoms with Crippen molar-refractivity contribution in [3.63, 3.8) is 0 Å². The molecule has 0 aliphatic rings. The third-order valence-electron chi connectivity index (χ3n) is 3.36. The van der Waals surface area contributed by atoms with Crippen molar-refractivity contribution in [2.24, 2.45) is 5.73 Å². The zero-order chi connectivity index (χ0) is 18.2. The molecule has 7 heteroatoms. The van der Waals surface area contributed by atoms with Gasteiger partial charge in [0.1, 0.15) is 11.8 Å². The van der Waals surface area contributed by atoms with Gasteiger partial charge in [0.25, 0.3) is 0 Å². The van der Waals surface area contributed by atoms with Crippen molar-refractivity contribution in [2.75, 3.05) is 6.54 Å². The largest absolute Gasteiger partial charge is 0.478 e. The van der Waals surface area contributed by atoms with Crippen molar-refractivity contribution >= 4 is 17.8 Å². The number of nitrogens with two attached hydrogens (primary N) is 1. The van der Waals surface area contributed by atoms with Crippen molar-refractivity contribution in [1.82, 2.24) is 5.32 Å². The monoisotopic (exact) mass is 342 g/mol. The molecule has 0 radical (unpaired) electrons. The molecule has 0 bridgehead atoms. The molecule has 0 aromatic heterocycles. The van der Waals surface area contributed by atoms with Gasteiger partial charge in [-0.3, -0.25) is 4.79 Å². The van der Waals surface area contributed by atoms with E-state index in [1.165, 1.54) is 24.3 Å². The lowest BCUT2D eigenvalue weighted by Crippen LogP contribution is -2.48. The SMILES string of the molecule is NCC(NC(=O)Cc1ccccc1)C(=O)Oc1cccc(C(=O)O)c1. The summed E-state index contributed by atoms with van der Waals surface area (Å²) in [5.74, 6) is -2.19. The van der Waals surface area contributed by atoms with Crippen molar-refractivity contribution in [1.29, 1.82) is 0 Å². The molecule has 2 aromatic carbocycles. The Kier molecular flexibility index (Phi) is 6.25. The van der Waals surface area contributed by atoms with E-state index in [1.54, 1.807) is 12.1 Å². The van der Waals surface area contributed by atoms with Crippen LogP contribution in [-0.4, -0.2) is 35.5 Å². The number of ether oxygens (including phenoxy) is 1. The van der Waals surface area contributed by atoms with Gasteiger partial charge >= 0.3 is 11.9 Å². The van der Waals surface area contributed by atoms with E-state index in [1.807, 2.05) is 18.2 Å². The Balaban J connectivity index is 1.97. The standard InChI is InChI=1S/C18H18N2O5/c19-11-15(20-16(21)9-12-5-2-1-3-6-12)18(24)25-14-8-4-7-13(10-14)17(22)23/h1-8,10,15H,9,11,19H2,(H,20,21)(H,22,23). The minimum absolute atomic E-state index is 0.0114. The Morgan fingerprint density at radius 3 is 2.44 bits per heavy atom. The van der Waals surface area contributed by atoms with Crippen LogP contribution in [0.4, 0.5) is 0 Å². The molecule has 0 spiro atoms. The van der Waals surface area contributed by atoms with Crippen molar-refractivity contribution in [3.05, 3.63) is 65.7 Å². The Hall–Kier alpha value is -3.19. The van der Waals surface area contributed by atoms with E-state index in [2.05, 4.69) is 5.32 Å². The molecular weight excluding hydrogens is 324 g/mol. The van der Waals surface area contributed by atoms with Gasteiger partial charge in [-0.05, 0) is 23.8 Å². The Bertz CT molecular complexity index is 761. The summed E-state index contributed by atoms with van der Waals surface area (Å²) in [6.45, 7) is -0.141. The highest BCUT2D eigenvalue weighted by molar-refractivity contribution is 5.89. The number of esters is 1. The van der Waals surface area contributed by atoms with Gasteiger partial charge in [0.15, 0.2) is 0 Å². The molecule has 25 heavy (non-hydrogen) atoms. The van der Waals surface area contributed by atoms with E-state index in [9.17, 15) is 14.4 Å². The van der Waals surface area contributed by atoms with Gasteiger partial charge in [-0.1, -0.05) is 36.4 Å². The molecule has 4 N–H and O–H groups in total. The highest BCUT2D eigenvalue weighted by atomic mass is 16.5. The molecule has 130 valence electrons. The summed E-state index contributed by atoms with van der Waals surface area (Å²) in [7, 11) is 0. The first-order chi connectivity index (χ1) is 12.0. The summed E-state index contributed by atoms with van der Waals surface area (Å²) in [6, 6.07) is 13.5. The summed E-state index contributed by atoms with van der Waals surface area (Å²) in [5, 5.41) is 11.5. The summed E-state index contributed by atoms with van der Waals surface area (Å²) < 4.78 is 5.11. The first-order valence-electron chi connectivity index (χ1n) is 7.58. The number of benzene rings is 2. The van der Waals surface area contributed by atoms with Gasteiger partial charge in [0.05, 0.1) is 12.0 Å². The topological polar surface area (TPSA) is 119 Å². The van der Waals surface area contributed by atoms with Crippen LogP contribution in [0.15, 0.2) is 54.6 Å². The van der Waals surface area contributed by atoms with Gasteiger partial charge in [0.2, 0.25) is 5.91 Å². The van der Waals surface area contributed by atoms with Crippen LogP contribution in [0.25, 0.3) is 0 Å². The molecule has 0 aliphatic heterocycles. The van der Waals surface area contributed by atoms with E-state index >= 15 is 0 Å². The number of carboxylic acids is 1. The van der Waals surface area contributed by atoms with Gasteiger partial charge in [-0.15, -0.1) is 0 Å². The number of aromatic carboxylic acids is 1. The van der Waals surface area contributed by atoms with Crippen molar-refractivity contribution in [2.45, 2.75) is 12.5 Å². The zero-order valence-electron chi connectivity index (χ0n) is 13.3. The molecule has 7 nitrogen and oxygen atoms in total. The van der Waals surface area contributed by atoms with Gasteiger partial charge in [-0.2, -0.15) is 0 Å². The minimum atomic E-state index is -1.13. The molecule has 0 heterocycles. The van der Waals surface area contributed by atoms with E-state index in [0.717, 1.165) is 5.56 Å². The molecule has 1 atom stereocenters.